The summed E-state index contributed by atoms with van der Waals surface area (Å²) in [6.45, 7) is 1.04. The lowest BCUT2D eigenvalue weighted by atomic mass is 9.88. The summed E-state index contributed by atoms with van der Waals surface area (Å²) in [5, 5.41) is 18.3. The van der Waals surface area contributed by atoms with Gasteiger partial charge in [0.05, 0.1) is 11.6 Å². The van der Waals surface area contributed by atoms with Gasteiger partial charge in [0.1, 0.15) is 5.75 Å². The molecule has 0 aromatic heterocycles. The smallest absolute Gasteiger partial charge is 0.253 e. The average Bonchev–Trinajstić information content (AvgIpc) is 2.67. The molecule has 1 fully saturated rings. The van der Waals surface area contributed by atoms with Crippen molar-refractivity contribution in [3.05, 3.63) is 65.2 Å². The molecule has 1 N–H and O–H groups in total. The maximum atomic E-state index is 12.6. The number of nitrogens with zero attached hydrogens (tertiary/aromatic N) is 2. The summed E-state index contributed by atoms with van der Waals surface area (Å²) in [5.41, 5.74) is 1.55. The van der Waals surface area contributed by atoms with E-state index in [0.29, 0.717) is 42.6 Å². The third-order valence-corrected chi connectivity index (χ3v) is 4.54. The van der Waals surface area contributed by atoms with Gasteiger partial charge in [-0.3, -0.25) is 9.59 Å². The van der Waals surface area contributed by atoms with E-state index in [1.165, 1.54) is 12.1 Å². The second kappa shape index (κ2) is 7.18. The van der Waals surface area contributed by atoms with Gasteiger partial charge in [-0.25, -0.2) is 0 Å². The molecule has 3 rings (SSSR count). The van der Waals surface area contributed by atoms with Gasteiger partial charge >= 0.3 is 0 Å². The lowest BCUT2D eigenvalue weighted by Crippen LogP contribution is -2.40. The molecule has 2 aromatic rings. The number of hydrogen-bond acceptors (Lipinski definition) is 4. The number of phenolic OH excluding ortho intramolecular Hbond substituents is 1. The Hall–Kier alpha value is -3.13. The van der Waals surface area contributed by atoms with E-state index in [9.17, 15) is 14.7 Å². The van der Waals surface area contributed by atoms with Crippen molar-refractivity contribution in [2.75, 3.05) is 13.1 Å². The Labute approximate surface area is 146 Å². The molecule has 1 aliphatic rings. The summed E-state index contributed by atoms with van der Waals surface area (Å²) in [6, 6.07) is 15.0. The Kier molecular flexibility index (Phi) is 4.80. The fraction of sp³-hybridized carbons (Fsp3) is 0.250. The van der Waals surface area contributed by atoms with Gasteiger partial charge in [0.2, 0.25) is 0 Å². The number of amides is 1. The second-order valence-corrected chi connectivity index (χ2v) is 6.17. The first-order valence-corrected chi connectivity index (χ1v) is 8.21. The van der Waals surface area contributed by atoms with Gasteiger partial charge in [-0.05, 0) is 55.3 Å². The molecule has 0 spiro atoms. The lowest BCUT2D eigenvalue weighted by Gasteiger charge is -2.31. The van der Waals surface area contributed by atoms with Crippen LogP contribution in [0.1, 0.15) is 39.1 Å². The van der Waals surface area contributed by atoms with E-state index in [1.807, 2.05) is 6.07 Å². The summed E-state index contributed by atoms with van der Waals surface area (Å²) >= 11 is 0. The normalized spacial score (nSPS) is 14.8. The topological polar surface area (TPSA) is 81.4 Å². The Morgan fingerprint density at radius 2 is 1.72 bits per heavy atom. The number of ketones is 1. The quantitative estimate of drug-likeness (QED) is 0.875. The van der Waals surface area contributed by atoms with Crippen LogP contribution in [0.15, 0.2) is 48.5 Å². The van der Waals surface area contributed by atoms with Crippen LogP contribution >= 0.6 is 0 Å². The highest BCUT2D eigenvalue weighted by Gasteiger charge is 2.28. The van der Waals surface area contributed by atoms with Crippen LogP contribution in [0.3, 0.4) is 0 Å². The van der Waals surface area contributed by atoms with Gasteiger partial charge in [0.25, 0.3) is 5.91 Å². The van der Waals surface area contributed by atoms with Crippen molar-refractivity contribution < 1.29 is 14.7 Å². The summed E-state index contributed by atoms with van der Waals surface area (Å²) < 4.78 is 0. The van der Waals surface area contributed by atoms with Crippen molar-refractivity contribution in [2.24, 2.45) is 5.92 Å². The van der Waals surface area contributed by atoms with Gasteiger partial charge in [0, 0.05) is 30.1 Å². The number of likely N-dealkylation sites (tertiary alicyclic amines) is 1. The number of piperidine rings is 1. The average molecular weight is 334 g/mol. The Morgan fingerprint density at radius 1 is 1.04 bits per heavy atom. The number of rotatable bonds is 3. The number of benzene rings is 2. The molecule has 1 saturated heterocycles. The molecule has 0 bridgehead atoms. The lowest BCUT2D eigenvalue weighted by molar-refractivity contribution is 0.0650. The van der Waals surface area contributed by atoms with Crippen LogP contribution in [0.2, 0.25) is 0 Å². The first-order chi connectivity index (χ1) is 12.1. The summed E-state index contributed by atoms with van der Waals surface area (Å²) in [6.07, 6.45) is 1.23. The van der Waals surface area contributed by atoms with Crippen LogP contribution < -0.4 is 0 Å². The molecule has 126 valence electrons. The first-order valence-electron chi connectivity index (χ1n) is 8.21. The van der Waals surface area contributed by atoms with Crippen LogP contribution in [0.25, 0.3) is 0 Å². The molecule has 5 nitrogen and oxygen atoms in total. The molecular formula is C20H18N2O3. The number of aromatic hydroxyl groups is 1. The zero-order chi connectivity index (χ0) is 17.8. The Morgan fingerprint density at radius 3 is 2.36 bits per heavy atom. The molecule has 1 heterocycles. The minimum atomic E-state index is -0.112. The minimum absolute atomic E-state index is 0.0542. The molecule has 0 saturated carbocycles. The van der Waals surface area contributed by atoms with Gasteiger partial charge in [-0.2, -0.15) is 5.26 Å². The molecule has 0 aliphatic carbocycles. The standard InChI is InChI=1S/C20H18N2O3/c21-13-14-2-1-3-17(12-14)20(25)22-10-8-16(9-11-22)19(24)15-4-6-18(23)7-5-15/h1-7,12,16,23H,8-11H2. The van der Waals surface area contributed by atoms with Crippen LogP contribution in [0, 0.1) is 17.2 Å². The predicted molar refractivity (Wildman–Crippen MR) is 92.2 cm³/mol. The fourth-order valence-electron chi connectivity index (χ4n) is 3.11. The van der Waals surface area contributed by atoms with Crippen molar-refractivity contribution in [3.8, 4) is 11.8 Å². The number of carbonyl (C=O) groups excluding carboxylic acids is 2. The number of phenols is 1. The van der Waals surface area contributed by atoms with E-state index in [0.717, 1.165) is 0 Å². The fourth-order valence-corrected chi connectivity index (χ4v) is 3.11. The minimum Gasteiger partial charge on any atom is -0.508 e. The molecule has 0 atom stereocenters. The summed E-state index contributed by atoms with van der Waals surface area (Å²) in [5.74, 6) is -0.0261. The Balaban J connectivity index is 1.63. The van der Waals surface area contributed by atoms with E-state index >= 15 is 0 Å². The zero-order valence-corrected chi connectivity index (χ0v) is 13.7. The maximum absolute atomic E-state index is 12.6. The third-order valence-electron chi connectivity index (χ3n) is 4.54. The van der Waals surface area contributed by atoms with Gasteiger partial charge in [-0.1, -0.05) is 6.07 Å². The predicted octanol–water partition coefficient (Wildman–Crippen LogP) is 3.00. The molecule has 0 unspecified atom stereocenters. The van der Waals surface area contributed by atoms with Gasteiger partial charge in [0.15, 0.2) is 5.78 Å². The molecule has 5 heteroatoms. The van der Waals surface area contributed by atoms with Crippen molar-refractivity contribution in [2.45, 2.75) is 12.8 Å². The highest BCUT2D eigenvalue weighted by molar-refractivity contribution is 5.98. The van der Waals surface area contributed by atoms with E-state index < -0.39 is 0 Å². The van der Waals surface area contributed by atoms with E-state index in [4.69, 9.17) is 5.26 Å². The van der Waals surface area contributed by atoms with Crippen LogP contribution in [0.5, 0.6) is 5.75 Å². The van der Waals surface area contributed by atoms with Gasteiger partial charge < -0.3 is 10.0 Å². The van der Waals surface area contributed by atoms with Crippen LogP contribution in [-0.4, -0.2) is 34.8 Å². The number of hydrogen-bond donors (Lipinski definition) is 1. The van der Waals surface area contributed by atoms with E-state index in [-0.39, 0.29) is 23.4 Å². The van der Waals surface area contributed by atoms with Crippen molar-refractivity contribution in [3.63, 3.8) is 0 Å². The highest BCUT2D eigenvalue weighted by atomic mass is 16.3. The number of carbonyl (C=O) groups is 2. The molecular weight excluding hydrogens is 316 g/mol. The van der Waals surface area contributed by atoms with Crippen molar-refractivity contribution in [1.29, 1.82) is 5.26 Å². The zero-order valence-electron chi connectivity index (χ0n) is 13.7. The van der Waals surface area contributed by atoms with Gasteiger partial charge in [-0.15, -0.1) is 0 Å². The number of Topliss-reactive ketones (excluding diaryl/α,β-unsaturated/α-hetero) is 1. The second-order valence-electron chi connectivity index (χ2n) is 6.17. The van der Waals surface area contributed by atoms with E-state index in [2.05, 4.69) is 0 Å². The monoisotopic (exact) mass is 334 g/mol. The van der Waals surface area contributed by atoms with Crippen LogP contribution in [0.4, 0.5) is 0 Å². The van der Waals surface area contributed by atoms with E-state index in [1.54, 1.807) is 41.3 Å². The Bertz CT molecular complexity index is 829. The first kappa shape index (κ1) is 16.7. The van der Waals surface area contributed by atoms with Crippen molar-refractivity contribution in [1.82, 2.24) is 4.90 Å². The largest absolute Gasteiger partial charge is 0.508 e. The third kappa shape index (κ3) is 3.69. The molecule has 2 aromatic carbocycles. The molecule has 25 heavy (non-hydrogen) atoms. The number of nitriles is 1. The summed E-state index contributed by atoms with van der Waals surface area (Å²) in [7, 11) is 0. The SMILES string of the molecule is N#Cc1cccc(C(=O)N2CCC(C(=O)c3ccc(O)cc3)CC2)c1. The highest BCUT2D eigenvalue weighted by Crippen LogP contribution is 2.24. The van der Waals surface area contributed by atoms with Crippen LogP contribution in [-0.2, 0) is 0 Å². The van der Waals surface area contributed by atoms with Crippen molar-refractivity contribution >= 4 is 11.7 Å². The summed E-state index contributed by atoms with van der Waals surface area (Å²) in [4.78, 5) is 26.8. The molecule has 0 radical (unpaired) electrons. The molecule has 1 amide bonds. The maximum Gasteiger partial charge on any atom is 0.253 e. The molecule has 1 aliphatic heterocycles.